The molecule has 1 heterocycles. The molecule has 2 unspecified atom stereocenters. The second-order valence-corrected chi connectivity index (χ2v) is 8.98. The van der Waals surface area contributed by atoms with E-state index in [1.807, 2.05) is 6.92 Å². The zero-order valence-electron chi connectivity index (χ0n) is 18.3. The number of halogens is 4. The van der Waals surface area contributed by atoms with E-state index in [-0.39, 0.29) is 23.1 Å². The van der Waals surface area contributed by atoms with E-state index in [0.29, 0.717) is 41.7 Å². The molecular weight excluding hydrogens is 404 g/mol. The van der Waals surface area contributed by atoms with Crippen LogP contribution in [0.25, 0.3) is 11.1 Å². The summed E-state index contributed by atoms with van der Waals surface area (Å²) in [6.45, 7) is 4.50. The van der Waals surface area contributed by atoms with Crippen LogP contribution in [0.4, 0.5) is 17.6 Å². The Morgan fingerprint density at radius 3 is 2.19 bits per heavy atom. The average Bonchev–Trinajstić information content (AvgIpc) is 3.14. The second kappa shape index (κ2) is 9.32. The average molecular weight is 435 g/mol. The molecule has 1 aliphatic heterocycles. The molecule has 0 amide bonds. The zero-order chi connectivity index (χ0) is 22.1. The van der Waals surface area contributed by atoms with Gasteiger partial charge in [-0.3, -0.25) is 0 Å². The normalized spacial score (nSPS) is 20.1. The van der Waals surface area contributed by atoms with E-state index >= 15 is 8.78 Å². The van der Waals surface area contributed by atoms with Gasteiger partial charge in [0.05, 0.1) is 12.7 Å². The van der Waals surface area contributed by atoms with Crippen molar-refractivity contribution >= 4 is 0 Å². The first-order valence-corrected chi connectivity index (χ1v) is 11.6. The number of hydrogen-bond acceptors (Lipinski definition) is 1. The van der Waals surface area contributed by atoms with Crippen LogP contribution in [-0.4, -0.2) is 12.7 Å². The van der Waals surface area contributed by atoms with Crippen LogP contribution in [0.3, 0.4) is 0 Å². The van der Waals surface area contributed by atoms with E-state index in [0.717, 1.165) is 44.9 Å². The van der Waals surface area contributed by atoms with Gasteiger partial charge in [-0.15, -0.1) is 0 Å². The predicted octanol–water partition coefficient (Wildman–Crippen LogP) is 7.61. The highest BCUT2D eigenvalue weighted by molar-refractivity contribution is 5.79. The highest BCUT2D eigenvalue weighted by Crippen LogP contribution is 2.45. The lowest BCUT2D eigenvalue weighted by Gasteiger charge is -2.29. The number of benzene rings is 2. The van der Waals surface area contributed by atoms with Crippen LogP contribution in [-0.2, 0) is 17.6 Å². The SMILES string of the molecule is CCCCCc1cc2c(c(F)c1F)-c1c(cc(C3CCC(CCC)OC3)c(F)c1F)C2. The third-order valence-corrected chi connectivity index (χ3v) is 6.78. The highest BCUT2D eigenvalue weighted by atomic mass is 19.2. The van der Waals surface area contributed by atoms with Gasteiger partial charge < -0.3 is 4.74 Å². The number of aryl methyl sites for hydroxylation is 1. The molecule has 0 bridgehead atoms. The minimum atomic E-state index is -1.07. The lowest BCUT2D eigenvalue weighted by Crippen LogP contribution is -2.25. The molecule has 4 rings (SSSR count). The van der Waals surface area contributed by atoms with Gasteiger partial charge in [0.15, 0.2) is 23.3 Å². The van der Waals surface area contributed by atoms with Crippen molar-refractivity contribution in [2.24, 2.45) is 0 Å². The molecule has 1 nitrogen and oxygen atoms in total. The smallest absolute Gasteiger partial charge is 0.167 e. The first kappa shape index (κ1) is 22.3. The molecule has 0 radical (unpaired) electrons. The van der Waals surface area contributed by atoms with Crippen LogP contribution in [0.5, 0.6) is 0 Å². The summed E-state index contributed by atoms with van der Waals surface area (Å²) in [6.07, 6.45) is 7.14. The molecule has 1 saturated heterocycles. The maximum Gasteiger partial charge on any atom is 0.167 e. The Labute approximate surface area is 181 Å². The number of unbranched alkanes of at least 4 members (excludes halogenated alkanes) is 2. The van der Waals surface area contributed by atoms with E-state index in [4.69, 9.17) is 4.74 Å². The molecule has 0 aromatic heterocycles. The van der Waals surface area contributed by atoms with Gasteiger partial charge in [-0.05, 0) is 60.8 Å². The van der Waals surface area contributed by atoms with Crippen LogP contribution in [0.15, 0.2) is 12.1 Å². The van der Waals surface area contributed by atoms with Crippen LogP contribution < -0.4 is 0 Å². The van der Waals surface area contributed by atoms with Gasteiger partial charge in [-0.25, -0.2) is 17.6 Å². The summed E-state index contributed by atoms with van der Waals surface area (Å²) >= 11 is 0. The molecule has 1 aliphatic carbocycles. The summed E-state index contributed by atoms with van der Waals surface area (Å²) in [6, 6.07) is 3.29. The first-order valence-electron chi connectivity index (χ1n) is 11.6. The Kier molecular flexibility index (Phi) is 6.71. The second-order valence-electron chi connectivity index (χ2n) is 8.98. The van der Waals surface area contributed by atoms with Gasteiger partial charge in [0.25, 0.3) is 0 Å². The van der Waals surface area contributed by atoms with Gasteiger partial charge in [-0.1, -0.05) is 45.2 Å². The summed E-state index contributed by atoms with van der Waals surface area (Å²) in [5.41, 5.74) is 1.46. The van der Waals surface area contributed by atoms with Gasteiger partial charge >= 0.3 is 0 Å². The van der Waals surface area contributed by atoms with Gasteiger partial charge in [0.2, 0.25) is 0 Å². The molecule has 0 spiro atoms. The minimum Gasteiger partial charge on any atom is -0.378 e. The van der Waals surface area contributed by atoms with Crippen LogP contribution in [0.1, 0.15) is 87.0 Å². The maximum absolute atomic E-state index is 15.2. The molecule has 2 aromatic rings. The fourth-order valence-electron chi connectivity index (χ4n) is 5.11. The maximum atomic E-state index is 15.2. The lowest BCUT2D eigenvalue weighted by molar-refractivity contribution is -0.00182. The van der Waals surface area contributed by atoms with Crippen LogP contribution in [0, 0.1) is 23.3 Å². The molecule has 5 heteroatoms. The molecule has 2 aromatic carbocycles. The zero-order valence-corrected chi connectivity index (χ0v) is 18.3. The summed E-state index contributed by atoms with van der Waals surface area (Å²) in [5.74, 6) is -4.24. The summed E-state index contributed by atoms with van der Waals surface area (Å²) < 4.78 is 65.7. The molecule has 0 N–H and O–H groups in total. The van der Waals surface area contributed by atoms with Crippen molar-refractivity contribution in [3.8, 4) is 11.1 Å². The first-order chi connectivity index (χ1) is 15.0. The molecular formula is C26H30F4O. The standard InChI is InChI=1S/C26H30F4O/c1-3-5-6-8-15-11-17-12-18-13-20(16-9-10-19(7-4-2)31-14-16)24(28)26(30)22(18)21(17)25(29)23(15)27/h11,13,16,19H,3-10,12,14H2,1-2H3. The van der Waals surface area contributed by atoms with Crippen molar-refractivity contribution in [1.29, 1.82) is 0 Å². The molecule has 31 heavy (non-hydrogen) atoms. The number of rotatable bonds is 7. The van der Waals surface area contributed by atoms with E-state index in [1.165, 1.54) is 0 Å². The summed E-state index contributed by atoms with van der Waals surface area (Å²) in [5, 5.41) is 0. The van der Waals surface area contributed by atoms with Crippen molar-refractivity contribution in [1.82, 2.24) is 0 Å². The van der Waals surface area contributed by atoms with Crippen molar-refractivity contribution < 1.29 is 22.3 Å². The molecule has 1 fully saturated rings. The fraction of sp³-hybridized carbons (Fsp3) is 0.538. The number of fused-ring (bicyclic) bond motifs is 3. The largest absolute Gasteiger partial charge is 0.378 e. The Bertz CT molecular complexity index is 961. The minimum absolute atomic E-state index is 0.113. The third-order valence-electron chi connectivity index (χ3n) is 6.78. The highest BCUT2D eigenvalue weighted by Gasteiger charge is 2.34. The fourth-order valence-corrected chi connectivity index (χ4v) is 5.11. The molecule has 2 aliphatic rings. The van der Waals surface area contributed by atoms with Crippen LogP contribution in [0.2, 0.25) is 0 Å². The topological polar surface area (TPSA) is 9.23 Å². The van der Waals surface area contributed by atoms with Crippen molar-refractivity contribution in [3.63, 3.8) is 0 Å². The number of hydrogen-bond donors (Lipinski definition) is 0. The summed E-state index contributed by atoms with van der Waals surface area (Å²) in [7, 11) is 0. The molecule has 2 atom stereocenters. The molecule has 168 valence electrons. The summed E-state index contributed by atoms with van der Waals surface area (Å²) in [4.78, 5) is 0. The Hall–Kier alpha value is -1.88. The molecule has 0 saturated carbocycles. The quantitative estimate of drug-likeness (QED) is 0.275. The third kappa shape index (κ3) is 4.13. The van der Waals surface area contributed by atoms with E-state index < -0.39 is 23.3 Å². The van der Waals surface area contributed by atoms with Crippen molar-refractivity contribution in [2.75, 3.05) is 6.61 Å². The Balaban J connectivity index is 1.66. The Morgan fingerprint density at radius 1 is 0.839 bits per heavy atom. The monoisotopic (exact) mass is 434 g/mol. The van der Waals surface area contributed by atoms with Crippen molar-refractivity contribution in [2.45, 2.75) is 83.7 Å². The van der Waals surface area contributed by atoms with E-state index in [9.17, 15) is 8.78 Å². The Morgan fingerprint density at radius 2 is 1.55 bits per heavy atom. The van der Waals surface area contributed by atoms with Gasteiger partial charge in [-0.2, -0.15) is 0 Å². The number of ether oxygens (including phenoxy) is 1. The lowest BCUT2D eigenvalue weighted by atomic mass is 9.88. The van der Waals surface area contributed by atoms with E-state index in [2.05, 4.69) is 6.92 Å². The van der Waals surface area contributed by atoms with Gasteiger partial charge in [0, 0.05) is 17.0 Å². The van der Waals surface area contributed by atoms with Crippen molar-refractivity contribution in [3.05, 3.63) is 57.7 Å². The van der Waals surface area contributed by atoms with E-state index in [1.54, 1.807) is 12.1 Å². The predicted molar refractivity (Wildman–Crippen MR) is 114 cm³/mol. The van der Waals surface area contributed by atoms with Gasteiger partial charge in [0.1, 0.15) is 0 Å². The van der Waals surface area contributed by atoms with Crippen LogP contribution >= 0.6 is 0 Å².